The molecule has 178 valence electrons. The maximum Gasteiger partial charge on any atom is 0.272 e. The Morgan fingerprint density at radius 1 is 1.12 bits per heavy atom. The van der Waals surface area contributed by atoms with Crippen molar-refractivity contribution in [3.8, 4) is 0 Å². The lowest BCUT2D eigenvalue weighted by atomic mass is 9.49. The predicted octanol–water partition coefficient (Wildman–Crippen LogP) is 3.53. The summed E-state index contributed by atoms with van der Waals surface area (Å²) in [6.07, 6.45) is 10.1. The SMILES string of the molecule is O=C(NC1CCS(O)(O)C1)c1cc2c(C(=O)NCC34CC5CC(CC(C5)C3)C4)cccn2n1. The van der Waals surface area contributed by atoms with E-state index in [0.717, 1.165) is 24.3 Å². The van der Waals surface area contributed by atoms with E-state index in [9.17, 15) is 18.7 Å². The summed E-state index contributed by atoms with van der Waals surface area (Å²) in [5.41, 5.74) is 1.60. The number of carbonyl (C=O) groups is 2. The van der Waals surface area contributed by atoms with Gasteiger partial charge in [-0.25, -0.2) is 4.52 Å². The highest BCUT2D eigenvalue weighted by Crippen LogP contribution is 2.59. The molecule has 1 atom stereocenters. The molecule has 7 rings (SSSR count). The lowest BCUT2D eigenvalue weighted by Crippen LogP contribution is -2.51. The molecule has 2 amide bonds. The Bertz CT molecular complexity index is 1080. The van der Waals surface area contributed by atoms with Crippen molar-refractivity contribution in [2.24, 2.45) is 23.2 Å². The lowest BCUT2D eigenvalue weighted by molar-refractivity contribution is -0.0503. The summed E-state index contributed by atoms with van der Waals surface area (Å²) >= 11 is 0. The molecule has 3 heterocycles. The second-order valence-electron chi connectivity index (χ2n) is 11.0. The van der Waals surface area contributed by atoms with Gasteiger partial charge in [-0.15, -0.1) is 0 Å². The first-order valence-electron chi connectivity index (χ1n) is 12.1. The van der Waals surface area contributed by atoms with Gasteiger partial charge in [-0.1, -0.05) is 0 Å². The first kappa shape index (κ1) is 21.4. The van der Waals surface area contributed by atoms with Crippen LogP contribution >= 0.6 is 10.6 Å². The first-order valence-corrected chi connectivity index (χ1v) is 14.0. The van der Waals surface area contributed by atoms with E-state index in [2.05, 4.69) is 15.7 Å². The number of hydrogen-bond donors (Lipinski definition) is 4. The van der Waals surface area contributed by atoms with E-state index in [0.29, 0.717) is 23.3 Å². The van der Waals surface area contributed by atoms with Gasteiger partial charge in [0.05, 0.1) is 16.8 Å². The van der Waals surface area contributed by atoms with Crippen molar-refractivity contribution in [3.63, 3.8) is 0 Å². The molecule has 0 spiro atoms. The molecule has 1 aliphatic heterocycles. The summed E-state index contributed by atoms with van der Waals surface area (Å²) < 4.78 is 21.2. The number of amides is 2. The monoisotopic (exact) mass is 472 g/mol. The van der Waals surface area contributed by atoms with Gasteiger partial charge in [0.25, 0.3) is 11.8 Å². The molecule has 33 heavy (non-hydrogen) atoms. The van der Waals surface area contributed by atoms with Crippen LogP contribution in [0.5, 0.6) is 0 Å². The molecule has 4 N–H and O–H groups in total. The number of carbonyl (C=O) groups excluding carboxylic acids is 2. The number of aromatic nitrogens is 2. The quantitative estimate of drug-likeness (QED) is 0.531. The van der Waals surface area contributed by atoms with Crippen LogP contribution in [0.15, 0.2) is 24.4 Å². The van der Waals surface area contributed by atoms with Crippen LogP contribution in [0.25, 0.3) is 5.52 Å². The molecule has 5 aliphatic rings. The topological polar surface area (TPSA) is 116 Å². The molecule has 4 bridgehead atoms. The Hall–Kier alpha value is -2.10. The number of rotatable bonds is 5. The van der Waals surface area contributed by atoms with Crippen molar-refractivity contribution < 1.29 is 18.7 Å². The molecule has 2 aromatic rings. The summed E-state index contributed by atoms with van der Waals surface area (Å²) in [5.74, 6) is 2.55. The van der Waals surface area contributed by atoms with Crippen LogP contribution in [-0.4, -0.2) is 54.6 Å². The third-order valence-electron chi connectivity index (χ3n) is 8.36. The summed E-state index contributed by atoms with van der Waals surface area (Å²) in [4.78, 5) is 25.9. The minimum atomic E-state index is -2.58. The maximum absolute atomic E-state index is 13.2. The van der Waals surface area contributed by atoms with Crippen molar-refractivity contribution >= 4 is 27.9 Å². The molecule has 9 heteroatoms. The Morgan fingerprint density at radius 2 is 1.82 bits per heavy atom. The van der Waals surface area contributed by atoms with E-state index < -0.39 is 10.6 Å². The van der Waals surface area contributed by atoms with E-state index >= 15 is 0 Å². The van der Waals surface area contributed by atoms with Crippen molar-refractivity contribution in [1.82, 2.24) is 20.2 Å². The fraction of sp³-hybridized carbons (Fsp3) is 0.625. The highest BCUT2D eigenvalue weighted by atomic mass is 32.3. The van der Waals surface area contributed by atoms with E-state index in [1.165, 1.54) is 38.5 Å². The molecule has 1 unspecified atom stereocenters. The van der Waals surface area contributed by atoms with E-state index in [-0.39, 0.29) is 34.7 Å². The maximum atomic E-state index is 13.2. The van der Waals surface area contributed by atoms with Crippen LogP contribution in [0.1, 0.15) is 65.8 Å². The van der Waals surface area contributed by atoms with E-state index in [4.69, 9.17) is 0 Å². The van der Waals surface area contributed by atoms with Crippen LogP contribution < -0.4 is 10.6 Å². The van der Waals surface area contributed by atoms with Gasteiger partial charge in [-0.3, -0.25) is 18.7 Å². The van der Waals surface area contributed by atoms with Gasteiger partial charge >= 0.3 is 0 Å². The zero-order valence-corrected chi connectivity index (χ0v) is 19.5. The molecule has 2 aromatic heterocycles. The number of pyridine rings is 1. The average molecular weight is 473 g/mol. The molecule has 0 aromatic carbocycles. The molecule has 8 nitrogen and oxygen atoms in total. The molecule has 1 saturated heterocycles. The highest BCUT2D eigenvalue weighted by molar-refractivity contribution is 8.24. The molecule has 4 aliphatic carbocycles. The number of nitrogens with zero attached hydrogens (tertiary/aromatic N) is 2. The van der Waals surface area contributed by atoms with E-state index in [1.807, 2.05) is 0 Å². The summed E-state index contributed by atoms with van der Waals surface area (Å²) in [7, 11) is -2.58. The third-order valence-corrected chi connectivity index (χ3v) is 10.2. The number of hydrogen-bond acceptors (Lipinski definition) is 5. The summed E-state index contributed by atoms with van der Waals surface area (Å²) in [6, 6.07) is 4.92. The first-order chi connectivity index (χ1) is 15.8. The minimum Gasteiger partial charge on any atom is -0.351 e. The molecular formula is C24H32N4O4S. The van der Waals surface area contributed by atoms with Crippen molar-refractivity contribution in [2.45, 2.75) is 51.0 Å². The van der Waals surface area contributed by atoms with Gasteiger partial charge in [0.2, 0.25) is 0 Å². The van der Waals surface area contributed by atoms with Crippen molar-refractivity contribution in [3.05, 3.63) is 35.7 Å². The fourth-order valence-corrected chi connectivity index (χ4v) is 9.10. The normalized spacial score (nSPS) is 35.0. The van der Waals surface area contributed by atoms with Gasteiger partial charge in [0.1, 0.15) is 0 Å². The van der Waals surface area contributed by atoms with Crippen molar-refractivity contribution in [1.29, 1.82) is 0 Å². The molecule has 0 radical (unpaired) electrons. The Labute approximate surface area is 194 Å². The van der Waals surface area contributed by atoms with Gasteiger partial charge in [0, 0.05) is 24.5 Å². The Kier molecular flexibility index (Phi) is 5.01. The zero-order chi connectivity index (χ0) is 22.8. The van der Waals surface area contributed by atoms with Gasteiger partial charge in [-0.05, 0) is 86.3 Å². The number of nitrogens with one attached hydrogen (secondary N) is 2. The second-order valence-corrected chi connectivity index (χ2v) is 13.4. The predicted molar refractivity (Wildman–Crippen MR) is 127 cm³/mol. The Balaban J connectivity index is 1.16. The fourth-order valence-electron chi connectivity index (χ4n) is 7.38. The molecular weight excluding hydrogens is 440 g/mol. The van der Waals surface area contributed by atoms with Crippen LogP contribution in [-0.2, 0) is 0 Å². The lowest BCUT2D eigenvalue weighted by Gasteiger charge is -2.56. The van der Waals surface area contributed by atoms with Crippen LogP contribution in [0.2, 0.25) is 0 Å². The van der Waals surface area contributed by atoms with Crippen LogP contribution in [0.3, 0.4) is 0 Å². The highest BCUT2D eigenvalue weighted by Gasteiger charge is 2.50. The largest absolute Gasteiger partial charge is 0.351 e. The van der Waals surface area contributed by atoms with Gasteiger partial charge < -0.3 is 10.6 Å². The van der Waals surface area contributed by atoms with Crippen LogP contribution in [0.4, 0.5) is 0 Å². The standard InChI is InChI=1S/C24H32N4O4S/c29-22(25-14-24-10-15-6-16(11-24)8-17(7-15)12-24)19-2-1-4-28-21(19)9-20(27-28)23(30)26-18-3-5-33(31,32)13-18/h1-2,4,9,15-18,31-32H,3,5-8,10-14H2,(H,25,29)(H,26,30). The van der Waals surface area contributed by atoms with Gasteiger partial charge in [-0.2, -0.15) is 15.7 Å². The number of fused-ring (bicyclic) bond motifs is 1. The van der Waals surface area contributed by atoms with Crippen LogP contribution in [0, 0.1) is 23.2 Å². The Morgan fingerprint density at radius 3 is 2.45 bits per heavy atom. The van der Waals surface area contributed by atoms with Crippen molar-refractivity contribution in [2.75, 3.05) is 18.1 Å². The smallest absolute Gasteiger partial charge is 0.272 e. The van der Waals surface area contributed by atoms with Gasteiger partial charge in [0.15, 0.2) is 5.69 Å². The van der Waals surface area contributed by atoms with E-state index in [1.54, 1.807) is 28.9 Å². The molecule has 4 saturated carbocycles. The minimum absolute atomic E-state index is 0.118. The summed E-state index contributed by atoms with van der Waals surface area (Å²) in [6.45, 7) is 0.728. The summed E-state index contributed by atoms with van der Waals surface area (Å²) in [5, 5.41) is 10.4. The third kappa shape index (κ3) is 4.04. The zero-order valence-electron chi connectivity index (χ0n) is 18.7. The molecule has 5 fully saturated rings. The average Bonchev–Trinajstić information content (AvgIpc) is 3.33. The second kappa shape index (κ2) is 7.71.